The molecule has 0 heterocycles. The molecule has 178 valence electrons. The number of amides is 3. The highest BCUT2D eigenvalue weighted by Gasteiger charge is 2.33. The number of hydrogen-bond donors (Lipinski definition) is 3. The van der Waals surface area contributed by atoms with Gasteiger partial charge in [0.2, 0.25) is 5.91 Å². The Morgan fingerprint density at radius 3 is 2.28 bits per heavy atom. The number of carbonyl (C=O) groups excluding carboxylic acids is 3. The molecule has 3 amide bonds. The molecular weight excluding hydrogens is 506 g/mol. The van der Waals surface area contributed by atoms with Crippen LogP contribution in [0.25, 0.3) is 0 Å². The van der Waals surface area contributed by atoms with Gasteiger partial charge in [-0.1, -0.05) is 15.9 Å². The fourth-order valence-electron chi connectivity index (χ4n) is 2.93. The van der Waals surface area contributed by atoms with E-state index in [1.165, 1.54) is 31.2 Å². The molecule has 0 bridgehead atoms. The van der Waals surface area contributed by atoms with Gasteiger partial charge in [0, 0.05) is 16.9 Å². The van der Waals surface area contributed by atoms with E-state index in [0.29, 0.717) is 17.3 Å². The molecule has 1 aromatic rings. The molecule has 1 saturated carbocycles. The first-order valence-corrected chi connectivity index (χ1v) is 12.2. The highest BCUT2D eigenvalue weighted by molar-refractivity contribution is 9.10. The molecular formula is C20H28BrN3O7S. The molecule has 3 N–H and O–H groups in total. The van der Waals surface area contributed by atoms with E-state index >= 15 is 0 Å². The van der Waals surface area contributed by atoms with Gasteiger partial charge >= 0.3 is 6.09 Å². The van der Waals surface area contributed by atoms with Crippen molar-refractivity contribution in [3.8, 4) is 0 Å². The Kier molecular flexibility index (Phi) is 8.66. The van der Waals surface area contributed by atoms with Crippen LogP contribution in [0.15, 0.2) is 33.6 Å². The van der Waals surface area contributed by atoms with E-state index in [2.05, 4.69) is 32.1 Å². The van der Waals surface area contributed by atoms with E-state index in [9.17, 15) is 22.8 Å². The highest BCUT2D eigenvalue weighted by Crippen LogP contribution is 2.30. The van der Waals surface area contributed by atoms with Gasteiger partial charge in [0.05, 0.1) is 4.90 Å². The standard InChI is InChI=1S/C20H28BrN3O7S/c1-12(31-32(28,29)16-7-5-14(21)6-8-16)18(26)24-23-17(25)11-13-9-15(10-13)22-19(27)30-20(2,3)4/h5-8,12-13,15H,9-11H2,1-4H3,(H,22,27)(H,23,25)(H,24,26)/t12-,13?,15?/m1/s1. The number of benzene rings is 1. The Morgan fingerprint density at radius 1 is 1.12 bits per heavy atom. The van der Waals surface area contributed by atoms with E-state index in [1.807, 2.05) is 0 Å². The number of ether oxygens (including phenoxy) is 1. The van der Waals surface area contributed by atoms with Crippen molar-refractivity contribution < 1.29 is 31.7 Å². The molecule has 1 atom stereocenters. The van der Waals surface area contributed by atoms with Crippen molar-refractivity contribution in [3.63, 3.8) is 0 Å². The van der Waals surface area contributed by atoms with Gasteiger partial charge in [-0.3, -0.25) is 24.6 Å². The zero-order valence-electron chi connectivity index (χ0n) is 18.3. The van der Waals surface area contributed by atoms with Crippen molar-refractivity contribution >= 4 is 44.0 Å². The van der Waals surface area contributed by atoms with Crippen LogP contribution in [0.4, 0.5) is 4.79 Å². The monoisotopic (exact) mass is 533 g/mol. The molecule has 0 aromatic heterocycles. The molecule has 1 aliphatic rings. The first-order valence-electron chi connectivity index (χ1n) is 10.0. The number of hydrazine groups is 1. The Balaban J connectivity index is 1.69. The van der Waals surface area contributed by atoms with Gasteiger partial charge in [-0.15, -0.1) is 0 Å². The number of carbonyl (C=O) groups is 3. The van der Waals surface area contributed by atoms with Crippen LogP contribution in [0, 0.1) is 5.92 Å². The SMILES string of the molecule is C[C@@H](OS(=O)(=O)c1ccc(Br)cc1)C(=O)NNC(=O)CC1CC(NC(=O)OC(C)(C)C)C1. The lowest BCUT2D eigenvalue weighted by Crippen LogP contribution is -2.49. The molecule has 0 radical (unpaired) electrons. The fourth-order valence-corrected chi connectivity index (χ4v) is 4.24. The second kappa shape index (κ2) is 10.6. The highest BCUT2D eigenvalue weighted by atomic mass is 79.9. The summed E-state index contributed by atoms with van der Waals surface area (Å²) in [6, 6.07) is 5.70. The number of nitrogens with one attached hydrogen (secondary N) is 3. The lowest BCUT2D eigenvalue weighted by molar-refractivity contribution is -0.133. The van der Waals surface area contributed by atoms with Crippen molar-refractivity contribution in [1.82, 2.24) is 16.2 Å². The molecule has 0 spiro atoms. The van der Waals surface area contributed by atoms with Crippen LogP contribution in [0.2, 0.25) is 0 Å². The third-order valence-electron chi connectivity index (χ3n) is 4.50. The summed E-state index contributed by atoms with van der Waals surface area (Å²) in [5, 5.41) is 2.74. The Bertz CT molecular complexity index is 939. The summed E-state index contributed by atoms with van der Waals surface area (Å²) in [5.41, 5.74) is 3.83. The van der Waals surface area contributed by atoms with Crippen LogP contribution in [0.5, 0.6) is 0 Å². The van der Waals surface area contributed by atoms with E-state index < -0.39 is 39.7 Å². The van der Waals surface area contributed by atoms with Crippen molar-refractivity contribution in [2.75, 3.05) is 0 Å². The smallest absolute Gasteiger partial charge is 0.407 e. The number of rotatable bonds is 7. The fraction of sp³-hybridized carbons (Fsp3) is 0.550. The summed E-state index contributed by atoms with van der Waals surface area (Å²) in [7, 11) is -4.14. The van der Waals surface area contributed by atoms with Crippen LogP contribution in [0.1, 0.15) is 47.0 Å². The lowest BCUT2D eigenvalue weighted by atomic mass is 9.78. The number of halogens is 1. The average molecular weight is 534 g/mol. The molecule has 0 unspecified atom stereocenters. The number of hydrogen-bond acceptors (Lipinski definition) is 7. The van der Waals surface area contributed by atoms with Crippen molar-refractivity contribution in [1.29, 1.82) is 0 Å². The molecule has 0 saturated heterocycles. The van der Waals surface area contributed by atoms with E-state index in [4.69, 9.17) is 8.92 Å². The van der Waals surface area contributed by atoms with Crippen molar-refractivity contribution in [2.45, 2.75) is 69.6 Å². The summed E-state index contributed by atoms with van der Waals surface area (Å²) >= 11 is 3.21. The summed E-state index contributed by atoms with van der Waals surface area (Å²) in [6.07, 6.45) is -0.462. The van der Waals surface area contributed by atoms with Crippen LogP contribution < -0.4 is 16.2 Å². The quantitative estimate of drug-likeness (QED) is 0.361. The molecule has 1 aromatic carbocycles. The molecule has 1 aliphatic carbocycles. The molecule has 10 nitrogen and oxygen atoms in total. The normalized spacial score (nSPS) is 19.3. The molecule has 1 fully saturated rings. The maximum absolute atomic E-state index is 12.2. The second-order valence-electron chi connectivity index (χ2n) is 8.57. The summed E-state index contributed by atoms with van der Waals surface area (Å²) in [4.78, 5) is 35.7. The van der Waals surface area contributed by atoms with E-state index in [-0.39, 0.29) is 23.3 Å². The second-order valence-corrected chi connectivity index (χ2v) is 11.1. The third-order valence-corrected chi connectivity index (χ3v) is 6.42. The molecule has 2 rings (SSSR count). The molecule has 0 aliphatic heterocycles. The van der Waals surface area contributed by atoms with E-state index in [0.717, 1.165) is 0 Å². The third kappa shape index (κ3) is 8.40. The van der Waals surface area contributed by atoms with Crippen molar-refractivity contribution in [2.24, 2.45) is 5.92 Å². The first-order chi connectivity index (χ1) is 14.7. The van der Waals surface area contributed by atoms with Gasteiger partial charge in [0.1, 0.15) is 5.60 Å². The topological polar surface area (TPSA) is 140 Å². The van der Waals surface area contributed by atoms with E-state index in [1.54, 1.807) is 20.8 Å². The predicted octanol–water partition coefficient (Wildman–Crippen LogP) is 2.38. The Morgan fingerprint density at radius 2 is 1.72 bits per heavy atom. The average Bonchev–Trinajstić information content (AvgIpc) is 2.62. The predicted molar refractivity (Wildman–Crippen MR) is 119 cm³/mol. The van der Waals surface area contributed by atoms with Gasteiger partial charge in [0.15, 0.2) is 6.10 Å². The largest absolute Gasteiger partial charge is 0.444 e. The zero-order chi connectivity index (χ0) is 24.1. The minimum Gasteiger partial charge on any atom is -0.444 e. The van der Waals surface area contributed by atoms with Gasteiger partial charge in [-0.25, -0.2) is 4.79 Å². The van der Waals surface area contributed by atoms with Gasteiger partial charge in [-0.2, -0.15) is 8.42 Å². The number of alkyl carbamates (subject to hydrolysis) is 1. The Hall–Kier alpha value is -2.18. The summed E-state index contributed by atoms with van der Waals surface area (Å²) in [6.45, 7) is 6.58. The Labute approximate surface area is 196 Å². The van der Waals surface area contributed by atoms with Gasteiger partial charge in [0.25, 0.3) is 16.0 Å². The van der Waals surface area contributed by atoms with Crippen LogP contribution in [-0.2, 0) is 28.6 Å². The maximum Gasteiger partial charge on any atom is 0.407 e. The van der Waals surface area contributed by atoms with Crippen LogP contribution in [0.3, 0.4) is 0 Å². The maximum atomic E-state index is 12.2. The van der Waals surface area contributed by atoms with Crippen LogP contribution >= 0.6 is 15.9 Å². The summed E-state index contributed by atoms with van der Waals surface area (Å²) < 4.78 is 35.2. The molecule has 32 heavy (non-hydrogen) atoms. The minimum atomic E-state index is -4.14. The summed E-state index contributed by atoms with van der Waals surface area (Å²) in [5.74, 6) is -1.18. The van der Waals surface area contributed by atoms with Gasteiger partial charge < -0.3 is 10.1 Å². The minimum absolute atomic E-state index is 0.0540. The lowest BCUT2D eigenvalue weighted by Gasteiger charge is -2.35. The molecule has 12 heteroatoms. The van der Waals surface area contributed by atoms with Gasteiger partial charge in [-0.05, 0) is 70.7 Å². The van der Waals surface area contributed by atoms with Crippen molar-refractivity contribution in [3.05, 3.63) is 28.7 Å². The van der Waals surface area contributed by atoms with Crippen LogP contribution in [-0.4, -0.2) is 44.1 Å². The first kappa shape index (κ1) is 26.1. The zero-order valence-corrected chi connectivity index (χ0v) is 20.7.